The van der Waals surface area contributed by atoms with Crippen molar-refractivity contribution in [2.45, 2.75) is 322 Å². The van der Waals surface area contributed by atoms with E-state index in [9.17, 15) is 14.4 Å². The van der Waals surface area contributed by atoms with E-state index in [0.717, 1.165) is 103 Å². The third-order valence-corrected chi connectivity index (χ3v) is 13.3. The SMILES string of the molecule is CC/C=C\C/C=C\C/C=C\CCCCCCC(=O)OCC(COC(=O)CCCCCCCCCCCCCCCCCCCCC)OC(=O)CCCCCCC/C=C\CCCCCCCCCCC. The third-order valence-electron chi connectivity index (χ3n) is 13.3. The van der Waals surface area contributed by atoms with Crippen LogP contribution in [-0.2, 0) is 28.6 Å². The van der Waals surface area contributed by atoms with Gasteiger partial charge in [-0.25, -0.2) is 0 Å². The molecule has 0 bridgehead atoms. The summed E-state index contributed by atoms with van der Waals surface area (Å²) in [7, 11) is 0. The molecule has 0 aliphatic carbocycles. The number of esters is 3. The van der Waals surface area contributed by atoms with Gasteiger partial charge in [0.05, 0.1) is 0 Å². The Morgan fingerprint density at radius 2 is 0.565 bits per heavy atom. The van der Waals surface area contributed by atoms with Crippen molar-refractivity contribution in [1.29, 1.82) is 0 Å². The van der Waals surface area contributed by atoms with Gasteiger partial charge in [0, 0.05) is 19.3 Å². The molecule has 0 spiro atoms. The first-order valence-electron chi connectivity index (χ1n) is 30.1. The topological polar surface area (TPSA) is 78.9 Å². The van der Waals surface area contributed by atoms with Crippen molar-refractivity contribution in [3.05, 3.63) is 48.6 Å². The Kier molecular flexibility index (Phi) is 55.7. The zero-order valence-electron chi connectivity index (χ0n) is 46.1. The minimum Gasteiger partial charge on any atom is -0.462 e. The van der Waals surface area contributed by atoms with Gasteiger partial charge in [0.2, 0.25) is 0 Å². The Bertz CT molecular complexity index is 1200. The summed E-state index contributed by atoms with van der Waals surface area (Å²) >= 11 is 0. The van der Waals surface area contributed by atoms with Crippen LogP contribution < -0.4 is 0 Å². The molecule has 0 aliphatic rings. The molecule has 0 saturated carbocycles. The van der Waals surface area contributed by atoms with Crippen LogP contribution in [0.4, 0.5) is 0 Å². The second-order valence-electron chi connectivity index (χ2n) is 20.2. The van der Waals surface area contributed by atoms with Crippen LogP contribution in [0.1, 0.15) is 316 Å². The summed E-state index contributed by atoms with van der Waals surface area (Å²) in [5, 5.41) is 0. The molecule has 0 N–H and O–H groups in total. The summed E-state index contributed by atoms with van der Waals surface area (Å²) in [5.41, 5.74) is 0. The highest BCUT2D eigenvalue weighted by atomic mass is 16.6. The van der Waals surface area contributed by atoms with Crippen molar-refractivity contribution in [1.82, 2.24) is 0 Å². The Morgan fingerprint density at radius 3 is 0.899 bits per heavy atom. The lowest BCUT2D eigenvalue weighted by atomic mass is 10.0. The van der Waals surface area contributed by atoms with E-state index in [1.807, 2.05) is 0 Å². The van der Waals surface area contributed by atoms with Crippen LogP contribution in [0.5, 0.6) is 0 Å². The van der Waals surface area contributed by atoms with E-state index in [1.54, 1.807) is 0 Å². The lowest BCUT2D eigenvalue weighted by Gasteiger charge is -2.18. The van der Waals surface area contributed by atoms with Crippen LogP contribution in [0.15, 0.2) is 48.6 Å². The van der Waals surface area contributed by atoms with Gasteiger partial charge >= 0.3 is 17.9 Å². The molecule has 0 saturated heterocycles. The normalized spacial score (nSPS) is 12.3. The molecule has 0 fully saturated rings. The summed E-state index contributed by atoms with van der Waals surface area (Å²) in [6, 6.07) is 0. The van der Waals surface area contributed by atoms with Gasteiger partial charge < -0.3 is 14.2 Å². The van der Waals surface area contributed by atoms with Crippen molar-refractivity contribution < 1.29 is 28.6 Å². The van der Waals surface area contributed by atoms with E-state index >= 15 is 0 Å². The van der Waals surface area contributed by atoms with Crippen LogP contribution in [0.25, 0.3) is 0 Å². The van der Waals surface area contributed by atoms with E-state index in [-0.39, 0.29) is 31.1 Å². The van der Waals surface area contributed by atoms with E-state index < -0.39 is 6.10 Å². The molecular weight excluding hydrogens is 853 g/mol. The number of hydrogen-bond donors (Lipinski definition) is 0. The molecule has 0 rings (SSSR count). The number of hydrogen-bond acceptors (Lipinski definition) is 6. The van der Waals surface area contributed by atoms with E-state index in [4.69, 9.17) is 14.2 Å². The zero-order chi connectivity index (χ0) is 50.0. The molecule has 0 heterocycles. The van der Waals surface area contributed by atoms with Crippen LogP contribution in [0, 0.1) is 0 Å². The minimum absolute atomic E-state index is 0.0805. The molecule has 0 amide bonds. The number of allylic oxidation sites excluding steroid dienone is 8. The number of carbonyl (C=O) groups is 3. The van der Waals surface area contributed by atoms with Gasteiger partial charge in [-0.2, -0.15) is 0 Å². The highest BCUT2D eigenvalue weighted by Gasteiger charge is 2.19. The predicted molar refractivity (Wildman–Crippen MR) is 298 cm³/mol. The van der Waals surface area contributed by atoms with Crippen LogP contribution in [0.2, 0.25) is 0 Å². The van der Waals surface area contributed by atoms with Crippen molar-refractivity contribution in [3.63, 3.8) is 0 Å². The van der Waals surface area contributed by atoms with E-state index in [2.05, 4.69) is 69.4 Å². The highest BCUT2D eigenvalue weighted by molar-refractivity contribution is 5.71. The molecule has 0 aromatic carbocycles. The first-order chi connectivity index (χ1) is 34.0. The summed E-state index contributed by atoms with van der Waals surface area (Å²) < 4.78 is 16.9. The summed E-state index contributed by atoms with van der Waals surface area (Å²) in [5.74, 6) is -0.895. The van der Waals surface area contributed by atoms with Gasteiger partial charge in [0.25, 0.3) is 0 Å². The first kappa shape index (κ1) is 66.4. The molecule has 0 aromatic rings. The fraction of sp³-hybridized carbons (Fsp3) is 0.825. The Labute approximate surface area is 428 Å². The standard InChI is InChI=1S/C63H114O6/c1-4-7-10-13-16-19-22-25-28-30-32-34-35-38-41-44-47-50-53-56-62(65)68-59-60(58-67-61(64)55-52-49-46-43-40-37-27-24-21-18-15-12-9-6-3)69-63(66)57-54-51-48-45-42-39-36-33-31-29-26-23-20-17-14-11-8-5-2/h9,12,18,21,27,33,36-37,60H,4-8,10-11,13-17,19-20,22-26,28-32,34-35,38-59H2,1-3H3/b12-9-,21-18-,36-33-,37-27-. The number of rotatable bonds is 55. The van der Waals surface area contributed by atoms with Crippen LogP contribution >= 0.6 is 0 Å². The third kappa shape index (κ3) is 56.2. The maximum atomic E-state index is 12.9. The van der Waals surface area contributed by atoms with Gasteiger partial charge in [-0.3, -0.25) is 14.4 Å². The molecule has 6 nitrogen and oxygen atoms in total. The van der Waals surface area contributed by atoms with Crippen molar-refractivity contribution in [2.24, 2.45) is 0 Å². The first-order valence-corrected chi connectivity index (χ1v) is 30.1. The van der Waals surface area contributed by atoms with Gasteiger partial charge in [-0.15, -0.1) is 0 Å². The Morgan fingerprint density at radius 1 is 0.304 bits per heavy atom. The van der Waals surface area contributed by atoms with Crippen molar-refractivity contribution in [3.8, 4) is 0 Å². The predicted octanol–water partition coefficient (Wildman–Crippen LogP) is 20.2. The van der Waals surface area contributed by atoms with Crippen molar-refractivity contribution >= 4 is 17.9 Å². The van der Waals surface area contributed by atoms with E-state index in [0.29, 0.717) is 19.3 Å². The fourth-order valence-electron chi connectivity index (χ4n) is 8.81. The molecule has 0 radical (unpaired) electrons. The summed E-state index contributed by atoms with van der Waals surface area (Å²) in [4.78, 5) is 38.2. The summed E-state index contributed by atoms with van der Waals surface area (Å²) in [6.07, 6.45) is 71.1. The number of unbranched alkanes of at least 4 members (excludes halogenated alkanes) is 36. The maximum absolute atomic E-state index is 12.9. The van der Waals surface area contributed by atoms with Crippen LogP contribution in [-0.4, -0.2) is 37.2 Å². The molecule has 0 aliphatic heterocycles. The summed E-state index contributed by atoms with van der Waals surface area (Å²) in [6.45, 7) is 6.55. The highest BCUT2D eigenvalue weighted by Crippen LogP contribution is 2.17. The molecule has 402 valence electrons. The zero-order valence-corrected chi connectivity index (χ0v) is 46.1. The Hall–Kier alpha value is -2.63. The monoisotopic (exact) mass is 967 g/mol. The smallest absolute Gasteiger partial charge is 0.306 e. The fourth-order valence-corrected chi connectivity index (χ4v) is 8.81. The second kappa shape index (κ2) is 57.9. The van der Waals surface area contributed by atoms with Gasteiger partial charge in [0.15, 0.2) is 6.10 Å². The van der Waals surface area contributed by atoms with Crippen LogP contribution in [0.3, 0.4) is 0 Å². The molecule has 0 aromatic heterocycles. The molecule has 6 heteroatoms. The Balaban J connectivity index is 4.35. The van der Waals surface area contributed by atoms with Gasteiger partial charge in [-0.05, 0) is 77.0 Å². The average Bonchev–Trinajstić information content (AvgIpc) is 3.35. The number of carbonyl (C=O) groups excluding carboxylic acids is 3. The maximum Gasteiger partial charge on any atom is 0.306 e. The van der Waals surface area contributed by atoms with Gasteiger partial charge in [-0.1, -0.05) is 268 Å². The molecule has 1 unspecified atom stereocenters. The molecule has 69 heavy (non-hydrogen) atoms. The lowest BCUT2D eigenvalue weighted by Crippen LogP contribution is -2.30. The number of ether oxygens (including phenoxy) is 3. The van der Waals surface area contributed by atoms with Gasteiger partial charge in [0.1, 0.15) is 13.2 Å². The van der Waals surface area contributed by atoms with Crippen molar-refractivity contribution in [2.75, 3.05) is 13.2 Å². The minimum atomic E-state index is -0.785. The second-order valence-corrected chi connectivity index (χ2v) is 20.2. The average molecular weight is 968 g/mol. The lowest BCUT2D eigenvalue weighted by molar-refractivity contribution is -0.167. The largest absolute Gasteiger partial charge is 0.462 e. The molecular formula is C63H114O6. The van der Waals surface area contributed by atoms with E-state index in [1.165, 1.54) is 173 Å². The molecule has 1 atom stereocenters. The quantitative estimate of drug-likeness (QED) is 0.0262.